The van der Waals surface area contributed by atoms with Gasteiger partial charge in [0.2, 0.25) is 0 Å². The molecule has 0 bridgehead atoms. The van der Waals surface area contributed by atoms with Gasteiger partial charge in [0.15, 0.2) is 5.96 Å². The summed E-state index contributed by atoms with van der Waals surface area (Å²) in [7, 11) is 1.66. The number of guanidine groups is 1. The highest BCUT2D eigenvalue weighted by molar-refractivity contribution is 7.19. The molecule has 1 unspecified atom stereocenters. The van der Waals surface area contributed by atoms with Crippen LogP contribution in [0.4, 0.5) is 4.39 Å². The molecular formula is C20H22FN3O2S. The summed E-state index contributed by atoms with van der Waals surface area (Å²) in [5.74, 6) is 0.728. The van der Waals surface area contributed by atoms with E-state index in [4.69, 9.17) is 4.74 Å². The van der Waals surface area contributed by atoms with E-state index >= 15 is 0 Å². The summed E-state index contributed by atoms with van der Waals surface area (Å²) in [5, 5.41) is 17.8. The molecule has 2 aromatic carbocycles. The van der Waals surface area contributed by atoms with Gasteiger partial charge in [-0.05, 0) is 29.7 Å². The molecule has 0 radical (unpaired) electrons. The lowest BCUT2D eigenvalue weighted by Gasteiger charge is -2.15. The summed E-state index contributed by atoms with van der Waals surface area (Å²) < 4.78 is 19.7. The van der Waals surface area contributed by atoms with Crippen LogP contribution in [0.15, 0.2) is 59.6 Å². The van der Waals surface area contributed by atoms with Crippen molar-refractivity contribution in [2.75, 3.05) is 26.7 Å². The minimum absolute atomic E-state index is 0.326. The van der Waals surface area contributed by atoms with Crippen molar-refractivity contribution in [3.63, 3.8) is 0 Å². The third kappa shape index (κ3) is 5.42. The number of aliphatic hydroxyl groups excluding tert-OH is 1. The Kier molecular flexibility index (Phi) is 6.62. The Bertz CT molecular complexity index is 880. The van der Waals surface area contributed by atoms with E-state index in [0.717, 1.165) is 15.0 Å². The van der Waals surface area contributed by atoms with Crippen molar-refractivity contribution >= 4 is 27.4 Å². The molecular weight excluding hydrogens is 365 g/mol. The molecule has 5 nitrogen and oxygen atoms in total. The topological polar surface area (TPSA) is 65.9 Å². The first-order chi connectivity index (χ1) is 13.2. The van der Waals surface area contributed by atoms with Crippen molar-refractivity contribution in [1.82, 2.24) is 10.6 Å². The van der Waals surface area contributed by atoms with Crippen molar-refractivity contribution < 1.29 is 14.2 Å². The summed E-state index contributed by atoms with van der Waals surface area (Å²) in [5.41, 5.74) is 0. The Balaban J connectivity index is 1.43. The van der Waals surface area contributed by atoms with Crippen molar-refractivity contribution in [3.05, 3.63) is 65.3 Å². The second-order valence-electron chi connectivity index (χ2n) is 5.89. The van der Waals surface area contributed by atoms with Crippen molar-refractivity contribution in [3.8, 4) is 5.75 Å². The predicted molar refractivity (Wildman–Crippen MR) is 108 cm³/mol. The van der Waals surface area contributed by atoms with E-state index in [2.05, 4.69) is 15.6 Å². The number of ether oxygens (including phenoxy) is 1. The van der Waals surface area contributed by atoms with Crippen LogP contribution in [-0.2, 0) is 0 Å². The number of thiophene rings is 1. The smallest absolute Gasteiger partial charge is 0.191 e. The molecule has 7 heteroatoms. The highest BCUT2D eigenvalue weighted by Gasteiger charge is 2.12. The summed E-state index contributed by atoms with van der Waals surface area (Å²) >= 11 is 1.58. The Morgan fingerprint density at radius 3 is 2.81 bits per heavy atom. The molecule has 0 saturated carbocycles. The molecule has 0 aliphatic rings. The predicted octanol–water partition coefficient (Wildman–Crippen LogP) is 3.32. The average Bonchev–Trinajstić information content (AvgIpc) is 3.11. The van der Waals surface area contributed by atoms with E-state index in [1.165, 1.54) is 12.1 Å². The third-order valence-corrected chi connectivity index (χ3v) is 5.14. The Morgan fingerprint density at radius 1 is 1.19 bits per heavy atom. The number of nitrogens with one attached hydrogen (secondary N) is 2. The van der Waals surface area contributed by atoms with Gasteiger partial charge >= 0.3 is 0 Å². The number of halogens is 1. The lowest BCUT2D eigenvalue weighted by atomic mass is 10.2. The van der Waals surface area contributed by atoms with Crippen LogP contribution in [0, 0.1) is 5.82 Å². The molecule has 0 saturated heterocycles. The van der Waals surface area contributed by atoms with Crippen molar-refractivity contribution in [2.24, 2.45) is 4.99 Å². The third-order valence-electron chi connectivity index (χ3n) is 3.92. The first-order valence-electron chi connectivity index (χ1n) is 8.65. The number of rotatable bonds is 7. The van der Waals surface area contributed by atoms with Gasteiger partial charge < -0.3 is 20.5 Å². The molecule has 0 aliphatic heterocycles. The molecule has 3 N–H and O–H groups in total. The quantitative estimate of drug-likeness (QED) is 0.331. The van der Waals surface area contributed by atoms with Crippen LogP contribution in [0.5, 0.6) is 5.75 Å². The number of hydrogen-bond acceptors (Lipinski definition) is 4. The van der Waals surface area contributed by atoms with Crippen LogP contribution in [0.2, 0.25) is 0 Å². The summed E-state index contributed by atoms with van der Waals surface area (Å²) in [6, 6.07) is 16.1. The maximum absolute atomic E-state index is 13.1. The number of hydrogen-bond donors (Lipinski definition) is 3. The second-order valence-corrected chi connectivity index (χ2v) is 7.00. The second kappa shape index (κ2) is 9.34. The fourth-order valence-electron chi connectivity index (χ4n) is 2.58. The van der Waals surface area contributed by atoms with Gasteiger partial charge in [0.25, 0.3) is 0 Å². The van der Waals surface area contributed by atoms with Crippen LogP contribution in [0.3, 0.4) is 0 Å². The zero-order chi connectivity index (χ0) is 19.1. The van der Waals surface area contributed by atoms with Crippen LogP contribution in [0.1, 0.15) is 11.0 Å². The molecule has 0 aliphatic carbocycles. The number of nitrogens with zero attached hydrogens (tertiary/aromatic N) is 1. The summed E-state index contributed by atoms with van der Waals surface area (Å²) in [4.78, 5) is 5.04. The minimum Gasteiger partial charge on any atom is -0.492 e. The molecule has 1 atom stereocenters. The summed E-state index contributed by atoms with van der Waals surface area (Å²) in [6.07, 6.45) is -0.621. The standard InChI is InChI=1S/C20H22FN3O2S/c1-22-20(23-9-10-26-16-7-4-6-15(21)12-16)24-13-17(25)19-11-14-5-2-3-8-18(14)27-19/h2-8,11-12,17,25H,9-10,13H2,1H3,(H2,22,23,24). The van der Waals surface area contributed by atoms with Crippen molar-refractivity contribution in [1.29, 1.82) is 0 Å². The lowest BCUT2D eigenvalue weighted by Crippen LogP contribution is -2.41. The fraction of sp³-hybridized carbons (Fsp3) is 0.250. The normalized spacial score (nSPS) is 12.8. The number of benzene rings is 2. The molecule has 142 valence electrons. The minimum atomic E-state index is -0.621. The SMILES string of the molecule is CN=C(NCCOc1cccc(F)c1)NCC(O)c1cc2ccccc2s1. The lowest BCUT2D eigenvalue weighted by molar-refractivity contribution is 0.184. The van der Waals surface area contributed by atoms with Gasteiger partial charge in [0.05, 0.1) is 6.54 Å². The van der Waals surface area contributed by atoms with E-state index in [-0.39, 0.29) is 5.82 Å². The first-order valence-corrected chi connectivity index (χ1v) is 9.47. The van der Waals surface area contributed by atoms with Gasteiger partial charge in [-0.15, -0.1) is 11.3 Å². The van der Waals surface area contributed by atoms with Crippen molar-refractivity contribution in [2.45, 2.75) is 6.10 Å². The monoisotopic (exact) mass is 387 g/mol. The number of fused-ring (bicyclic) bond motifs is 1. The van der Waals surface area contributed by atoms with Crippen LogP contribution >= 0.6 is 11.3 Å². The highest BCUT2D eigenvalue weighted by Crippen LogP contribution is 2.29. The zero-order valence-corrected chi connectivity index (χ0v) is 15.8. The molecule has 0 spiro atoms. The van der Waals surface area contributed by atoms with Crippen LogP contribution < -0.4 is 15.4 Å². The maximum atomic E-state index is 13.1. The largest absolute Gasteiger partial charge is 0.492 e. The maximum Gasteiger partial charge on any atom is 0.191 e. The molecule has 1 heterocycles. The van der Waals surface area contributed by atoms with Gasteiger partial charge in [0, 0.05) is 29.2 Å². The Hall–Kier alpha value is -2.64. The molecule has 27 heavy (non-hydrogen) atoms. The highest BCUT2D eigenvalue weighted by atomic mass is 32.1. The van der Waals surface area contributed by atoms with Gasteiger partial charge in [0.1, 0.15) is 24.3 Å². The molecule has 3 rings (SSSR count). The van der Waals surface area contributed by atoms with Gasteiger partial charge in [-0.25, -0.2) is 4.39 Å². The van der Waals surface area contributed by atoms with Gasteiger partial charge in [-0.3, -0.25) is 4.99 Å². The first kappa shape index (κ1) is 19.1. The van der Waals surface area contributed by atoms with E-state index in [9.17, 15) is 9.50 Å². The molecule has 1 aromatic heterocycles. The fourth-order valence-corrected chi connectivity index (χ4v) is 3.63. The molecule has 3 aromatic rings. The Labute approximate surface area is 161 Å². The van der Waals surface area contributed by atoms with E-state index < -0.39 is 6.10 Å². The average molecular weight is 387 g/mol. The number of aliphatic hydroxyl groups is 1. The summed E-state index contributed by atoms with van der Waals surface area (Å²) in [6.45, 7) is 1.20. The molecule has 0 amide bonds. The number of aliphatic imine (C=N–C) groups is 1. The Morgan fingerprint density at radius 2 is 2.04 bits per heavy atom. The molecule has 0 fully saturated rings. The van der Waals surface area contributed by atoms with Gasteiger partial charge in [-0.2, -0.15) is 0 Å². The van der Waals surface area contributed by atoms with Crippen LogP contribution in [0.25, 0.3) is 10.1 Å². The van der Waals surface area contributed by atoms with E-state index in [0.29, 0.717) is 31.4 Å². The zero-order valence-electron chi connectivity index (χ0n) is 15.0. The van der Waals surface area contributed by atoms with E-state index in [1.54, 1.807) is 30.5 Å². The van der Waals surface area contributed by atoms with Crippen LogP contribution in [-0.4, -0.2) is 37.8 Å². The van der Waals surface area contributed by atoms with Gasteiger partial charge in [-0.1, -0.05) is 24.3 Å². The van der Waals surface area contributed by atoms with E-state index in [1.807, 2.05) is 30.3 Å².